The maximum absolute atomic E-state index is 11.9. The lowest BCUT2D eigenvalue weighted by Crippen LogP contribution is -2.33. The molecule has 2 rings (SSSR count). The number of methoxy groups -OCH3 is 1. The maximum Gasteiger partial charge on any atom is 0.307 e. The van der Waals surface area contributed by atoms with Crippen LogP contribution in [0.5, 0.6) is 5.75 Å². The number of aromatic nitrogens is 1. The molecule has 1 amide bonds. The van der Waals surface area contributed by atoms with Gasteiger partial charge in [0.2, 0.25) is 5.91 Å². The van der Waals surface area contributed by atoms with Crippen LogP contribution in [0.25, 0.3) is 6.08 Å². The number of carbonyl (C=O) groups excluding carboxylic acids is 2. The molecule has 6 nitrogen and oxygen atoms in total. The van der Waals surface area contributed by atoms with Crippen molar-refractivity contribution in [2.75, 3.05) is 7.11 Å². The molecule has 0 aliphatic rings. The van der Waals surface area contributed by atoms with Crippen molar-refractivity contribution >= 4 is 29.3 Å². The van der Waals surface area contributed by atoms with Crippen molar-refractivity contribution in [2.24, 2.45) is 0 Å². The third kappa shape index (κ3) is 6.68. The van der Waals surface area contributed by atoms with Crippen LogP contribution in [-0.2, 0) is 20.9 Å². The number of amides is 1. The molecule has 1 unspecified atom stereocenters. The molecular formula is C19H22N2O4S. The number of nitrogens with zero attached hydrogens (tertiary/aromatic N) is 1. The fourth-order valence-corrected chi connectivity index (χ4v) is 2.78. The Bertz CT molecular complexity index is 785. The van der Waals surface area contributed by atoms with Gasteiger partial charge in [-0.2, -0.15) is 0 Å². The number of ether oxygens (including phenoxy) is 2. The molecule has 0 spiro atoms. The highest BCUT2D eigenvalue weighted by Gasteiger charge is 2.10. The van der Waals surface area contributed by atoms with Crippen LogP contribution in [0.3, 0.4) is 0 Å². The summed E-state index contributed by atoms with van der Waals surface area (Å²) in [5.41, 5.74) is 1.74. The lowest BCUT2D eigenvalue weighted by molar-refractivity contribution is -0.141. The first kappa shape index (κ1) is 19.7. The summed E-state index contributed by atoms with van der Waals surface area (Å²) in [6.45, 7) is 4.11. The van der Waals surface area contributed by atoms with E-state index in [0.29, 0.717) is 12.4 Å². The number of esters is 1. The van der Waals surface area contributed by atoms with Gasteiger partial charge in [-0.05, 0) is 37.6 Å². The van der Waals surface area contributed by atoms with Crippen LogP contribution < -0.4 is 10.1 Å². The van der Waals surface area contributed by atoms with Crippen LogP contribution in [0.15, 0.2) is 35.7 Å². The van der Waals surface area contributed by atoms with Gasteiger partial charge in [0.15, 0.2) is 0 Å². The number of hydrogen-bond donors (Lipinski definition) is 1. The molecule has 26 heavy (non-hydrogen) atoms. The zero-order chi connectivity index (χ0) is 18.9. The summed E-state index contributed by atoms with van der Waals surface area (Å²) in [5, 5.41) is 5.69. The van der Waals surface area contributed by atoms with E-state index in [0.717, 1.165) is 16.3 Å². The van der Waals surface area contributed by atoms with Crippen molar-refractivity contribution in [1.29, 1.82) is 0 Å². The van der Waals surface area contributed by atoms with E-state index in [-0.39, 0.29) is 24.3 Å². The standard InChI is InChI=1S/C19H22N2O4S/c1-13(9-19(23)24-3)20-18(22)8-7-15-5-4-6-17(10-15)25-11-16-12-26-14(2)21-16/h4-8,10,12-13H,9,11H2,1-3H3,(H,20,22)/b8-7+. The molecule has 0 aliphatic carbocycles. The molecule has 0 saturated heterocycles. The molecule has 0 radical (unpaired) electrons. The molecule has 0 aliphatic heterocycles. The van der Waals surface area contributed by atoms with E-state index in [1.54, 1.807) is 24.3 Å². The molecule has 138 valence electrons. The second kappa shape index (κ2) is 9.72. The Labute approximate surface area is 156 Å². The van der Waals surface area contributed by atoms with E-state index in [1.165, 1.54) is 13.2 Å². The van der Waals surface area contributed by atoms with Gasteiger partial charge in [-0.25, -0.2) is 4.98 Å². The van der Waals surface area contributed by atoms with Crippen LogP contribution in [0.1, 0.15) is 29.6 Å². The van der Waals surface area contributed by atoms with E-state index in [9.17, 15) is 9.59 Å². The molecule has 2 aromatic rings. The molecule has 1 heterocycles. The van der Waals surface area contributed by atoms with E-state index in [4.69, 9.17) is 4.74 Å². The van der Waals surface area contributed by atoms with E-state index < -0.39 is 0 Å². The molecule has 7 heteroatoms. The van der Waals surface area contributed by atoms with Crippen LogP contribution >= 0.6 is 11.3 Å². The summed E-state index contributed by atoms with van der Waals surface area (Å²) >= 11 is 1.59. The van der Waals surface area contributed by atoms with Crippen LogP contribution in [-0.4, -0.2) is 30.0 Å². The van der Waals surface area contributed by atoms with Crippen molar-refractivity contribution in [3.63, 3.8) is 0 Å². The number of hydrogen-bond acceptors (Lipinski definition) is 6. The number of rotatable bonds is 8. The molecule has 1 aromatic carbocycles. The average molecular weight is 374 g/mol. The van der Waals surface area contributed by atoms with E-state index in [1.807, 2.05) is 36.6 Å². The Morgan fingerprint density at radius 3 is 2.88 bits per heavy atom. The average Bonchev–Trinajstić information content (AvgIpc) is 3.03. The fraction of sp³-hybridized carbons (Fsp3) is 0.316. The van der Waals surface area contributed by atoms with Crippen LogP contribution in [0, 0.1) is 6.92 Å². The maximum atomic E-state index is 11.9. The zero-order valence-electron chi connectivity index (χ0n) is 15.0. The molecule has 1 atom stereocenters. The van der Waals surface area contributed by atoms with Crippen LogP contribution in [0.2, 0.25) is 0 Å². The van der Waals surface area contributed by atoms with Gasteiger partial charge < -0.3 is 14.8 Å². The summed E-state index contributed by atoms with van der Waals surface area (Å²) in [6.07, 6.45) is 3.26. The molecule has 0 bridgehead atoms. The van der Waals surface area contributed by atoms with Crippen molar-refractivity contribution in [1.82, 2.24) is 10.3 Å². The normalized spacial score (nSPS) is 12.0. The summed E-state index contributed by atoms with van der Waals surface area (Å²) in [5.74, 6) is 0.0740. The Hall–Kier alpha value is -2.67. The van der Waals surface area contributed by atoms with Crippen molar-refractivity contribution in [2.45, 2.75) is 32.9 Å². The number of benzene rings is 1. The summed E-state index contributed by atoms with van der Waals surface area (Å²) in [6, 6.07) is 7.15. The second-order valence-corrected chi connectivity index (χ2v) is 6.80. The number of nitrogens with one attached hydrogen (secondary N) is 1. The lowest BCUT2D eigenvalue weighted by Gasteiger charge is -2.10. The van der Waals surface area contributed by atoms with Crippen molar-refractivity contribution < 1.29 is 19.1 Å². The Morgan fingerprint density at radius 1 is 1.38 bits per heavy atom. The summed E-state index contributed by atoms with van der Waals surface area (Å²) in [7, 11) is 1.32. The van der Waals surface area contributed by atoms with E-state index >= 15 is 0 Å². The minimum absolute atomic E-state index is 0.134. The molecule has 1 N–H and O–H groups in total. The van der Waals surface area contributed by atoms with Gasteiger partial charge in [-0.1, -0.05) is 12.1 Å². The predicted molar refractivity (Wildman–Crippen MR) is 101 cm³/mol. The van der Waals surface area contributed by atoms with Gasteiger partial charge in [0.05, 0.1) is 24.2 Å². The van der Waals surface area contributed by atoms with Crippen LogP contribution in [0.4, 0.5) is 0 Å². The van der Waals surface area contributed by atoms with Gasteiger partial charge in [-0.15, -0.1) is 11.3 Å². The second-order valence-electron chi connectivity index (χ2n) is 5.74. The first-order valence-corrected chi connectivity index (χ1v) is 9.03. The highest BCUT2D eigenvalue weighted by Crippen LogP contribution is 2.17. The minimum Gasteiger partial charge on any atom is -0.487 e. The third-order valence-corrected chi connectivity index (χ3v) is 4.25. The molecule has 0 saturated carbocycles. The lowest BCUT2D eigenvalue weighted by atomic mass is 10.2. The molecular weight excluding hydrogens is 352 g/mol. The third-order valence-electron chi connectivity index (χ3n) is 3.43. The van der Waals surface area contributed by atoms with Gasteiger partial charge >= 0.3 is 5.97 Å². The first-order valence-electron chi connectivity index (χ1n) is 8.15. The SMILES string of the molecule is COC(=O)CC(C)NC(=O)/C=C/c1cccc(OCc2csc(C)n2)c1. The Morgan fingerprint density at radius 2 is 2.19 bits per heavy atom. The van der Waals surface area contributed by atoms with Crippen molar-refractivity contribution in [3.05, 3.63) is 52.0 Å². The Balaban J connectivity index is 1.87. The van der Waals surface area contributed by atoms with E-state index in [2.05, 4.69) is 15.0 Å². The van der Waals surface area contributed by atoms with Crippen molar-refractivity contribution in [3.8, 4) is 5.75 Å². The summed E-state index contributed by atoms with van der Waals surface area (Å²) < 4.78 is 10.3. The Kier molecular flexibility index (Phi) is 7.35. The topological polar surface area (TPSA) is 77.5 Å². The number of thiazole rings is 1. The zero-order valence-corrected chi connectivity index (χ0v) is 15.8. The highest BCUT2D eigenvalue weighted by molar-refractivity contribution is 7.09. The van der Waals surface area contributed by atoms with Gasteiger partial charge in [0.25, 0.3) is 0 Å². The number of carbonyl (C=O) groups is 2. The molecule has 0 fully saturated rings. The first-order chi connectivity index (χ1) is 12.5. The fourth-order valence-electron chi connectivity index (χ4n) is 2.19. The minimum atomic E-state index is -0.359. The van der Waals surface area contributed by atoms with Gasteiger partial charge in [0, 0.05) is 17.5 Å². The summed E-state index contributed by atoms with van der Waals surface area (Å²) in [4.78, 5) is 27.4. The molecule has 1 aromatic heterocycles. The largest absolute Gasteiger partial charge is 0.487 e. The monoisotopic (exact) mass is 374 g/mol. The highest BCUT2D eigenvalue weighted by atomic mass is 32.1. The predicted octanol–water partition coefficient (Wildman–Crippen LogP) is 3.11. The van der Waals surface area contributed by atoms with Gasteiger partial charge in [0.1, 0.15) is 12.4 Å². The van der Waals surface area contributed by atoms with Gasteiger partial charge in [-0.3, -0.25) is 9.59 Å². The number of aryl methyl sites for hydroxylation is 1. The smallest absolute Gasteiger partial charge is 0.307 e. The quantitative estimate of drug-likeness (QED) is 0.567.